The summed E-state index contributed by atoms with van der Waals surface area (Å²) >= 11 is 0. The van der Waals surface area contributed by atoms with Gasteiger partial charge in [0.2, 0.25) is 0 Å². The number of rotatable bonds is 6. The summed E-state index contributed by atoms with van der Waals surface area (Å²) in [5.41, 5.74) is 12.6. The van der Waals surface area contributed by atoms with Crippen LogP contribution in [0.4, 0.5) is 21.6 Å². The number of nitrogens with zero attached hydrogens (tertiary/aromatic N) is 4. The van der Waals surface area contributed by atoms with Crippen LogP contribution >= 0.6 is 0 Å². The molecule has 5 rings (SSSR count). The fraction of sp³-hybridized carbons (Fsp3) is 0.240. The van der Waals surface area contributed by atoms with Gasteiger partial charge in [-0.15, -0.1) is 0 Å². The van der Waals surface area contributed by atoms with Gasteiger partial charge >= 0.3 is 0 Å². The zero-order valence-corrected chi connectivity index (χ0v) is 19.8. The zero-order valence-electron chi connectivity index (χ0n) is 19.8. The predicted octanol–water partition coefficient (Wildman–Crippen LogP) is 1.89. The van der Waals surface area contributed by atoms with E-state index in [-0.39, 0.29) is 11.8 Å². The highest BCUT2D eigenvalue weighted by atomic mass is 19.1. The molecule has 8 N–H and O–H groups in total. The van der Waals surface area contributed by atoms with E-state index >= 15 is 0 Å². The SMILES string of the molecule is C[C@]1(CO)O[C@@H](n2cc(-c3ccc(N=C(N)N)cc3)c3c(Nc4ccc(F)cc4)ncnc32)[C@H](O)[C@@H]1O. The second kappa shape index (κ2) is 9.41. The van der Waals surface area contributed by atoms with Crippen molar-refractivity contribution in [1.29, 1.82) is 0 Å². The Kier molecular flexibility index (Phi) is 6.25. The molecule has 1 fully saturated rings. The predicted molar refractivity (Wildman–Crippen MR) is 136 cm³/mol. The highest BCUT2D eigenvalue weighted by molar-refractivity contribution is 6.02. The van der Waals surface area contributed by atoms with Crippen molar-refractivity contribution < 1.29 is 24.4 Å². The lowest BCUT2D eigenvalue weighted by Crippen LogP contribution is -2.43. The number of aliphatic hydroxyl groups is 3. The summed E-state index contributed by atoms with van der Waals surface area (Å²) < 4.78 is 21.0. The Morgan fingerprint density at radius 1 is 1.14 bits per heavy atom. The lowest BCUT2D eigenvalue weighted by molar-refractivity contribution is -0.115. The van der Waals surface area contributed by atoms with Crippen LogP contribution in [0.15, 0.2) is 66.0 Å². The molecule has 0 bridgehead atoms. The molecule has 0 amide bonds. The maximum Gasteiger partial charge on any atom is 0.191 e. The van der Waals surface area contributed by atoms with Gasteiger partial charge in [0.15, 0.2) is 12.2 Å². The third kappa shape index (κ3) is 4.47. The van der Waals surface area contributed by atoms with E-state index < -0.39 is 30.6 Å². The van der Waals surface area contributed by atoms with E-state index in [2.05, 4.69) is 20.3 Å². The van der Waals surface area contributed by atoms with Crippen molar-refractivity contribution in [2.24, 2.45) is 16.5 Å². The van der Waals surface area contributed by atoms with Crippen molar-refractivity contribution in [1.82, 2.24) is 14.5 Å². The smallest absolute Gasteiger partial charge is 0.191 e. The summed E-state index contributed by atoms with van der Waals surface area (Å²) in [5.74, 6) is -0.0121. The molecule has 2 aromatic carbocycles. The summed E-state index contributed by atoms with van der Waals surface area (Å²) in [7, 11) is 0. The summed E-state index contributed by atoms with van der Waals surface area (Å²) in [4.78, 5) is 12.9. The van der Waals surface area contributed by atoms with Crippen molar-refractivity contribution in [2.75, 3.05) is 11.9 Å². The van der Waals surface area contributed by atoms with Gasteiger partial charge in [0.25, 0.3) is 0 Å². The van der Waals surface area contributed by atoms with Crippen LogP contribution in [-0.4, -0.2) is 60.2 Å². The molecule has 0 aliphatic carbocycles. The molecule has 37 heavy (non-hydrogen) atoms. The summed E-state index contributed by atoms with van der Waals surface area (Å²) in [6.45, 7) is 1.03. The van der Waals surface area contributed by atoms with E-state index in [4.69, 9.17) is 16.2 Å². The topological polar surface area (TPSA) is 177 Å². The average Bonchev–Trinajstić information content (AvgIpc) is 3.38. The lowest BCUT2D eigenvalue weighted by atomic mass is 9.99. The quantitative estimate of drug-likeness (QED) is 0.168. The second-order valence-electron chi connectivity index (χ2n) is 9.00. The third-order valence-corrected chi connectivity index (χ3v) is 6.37. The first-order valence-corrected chi connectivity index (χ1v) is 11.4. The average molecular weight is 508 g/mol. The maximum atomic E-state index is 13.5. The molecule has 1 aliphatic rings. The van der Waals surface area contributed by atoms with Crippen LogP contribution in [0.5, 0.6) is 0 Å². The van der Waals surface area contributed by atoms with Crippen molar-refractivity contribution in [3.63, 3.8) is 0 Å². The van der Waals surface area contributed by atoms with Gasteiger partial charge in [-0.05, 0) is 48.9 Å². The molecule has 192 valence electrons. The van der Waals surface area contributed by atoms with E-state index in [9.17, 15) is 19.7 Å². The minimum Gasteiger partial charge on any atom is -0.393 e. The molecule has 2 aromatic heterocycles. The summed E-state index contributed by atoms with van der Waals surface area (Å²) in [6, 6.07) is 12.9. The Bertz CT molecular complexity index is 1450. The van der Waals surface area contributed by atoms with Gasteiger partial charge in [0.1, 0.15) is 41.4 Å². The number of halogens is 1. The highest BCUT2D eigenvalue weighted by Gasteiger charge is 2.52. The molecule has 1 aliphatic heterocycles. The van der Waals surface area contributed by atoms with E-state index in [1.807, 2.05) is 12.1 Å². The molecular formula is C25H26FN7O4. The van der Waals surface area contributed by atoms with Gasteiger partial charge < -0.3 is 41.4 Å². The molecule has 11 nitrogen and oxygen atoms in total. The van der Waals surface area contributed by atoms with E-state index in [0.717, 1.165) is 5.56 Å². The first-order chi connectivity index (χ1) is 17.7. The zero-order chi connectivity index (χ0) is 26.3. The van der Waals surface area contributed by atoms with Gasteiger partial charge in [-0.25, -0.2) is 19.4 Å². The third-order valence-electron chi connectivity index (χ3n) is 6.37. The molecule has 0 unspecified atom stereocenters. The number of nitrogens with two attached hydrogens (primary N) is 2. The highest BCUT2D eigenvalue weighted by Crippen LogP contribution is 2.42. The van der Waals surface area contributed by atoms with E-state index in [1.54, 1.807) is 35.0 Å². The standard InChI is InChI=1S/C25H26FN7O4/c1-25(11-34)20(36)19(35)23(37-25)33-10-17(13-2-6-16(7-3-13)32-24(27)28)18-21(29-12-30-22(18)33)31-15-8-4-14(26)5-9-15/h2-10,12,19-20,23,34-36H,11H2,1H3,(H4,27,28,32)(H,29,30,31)/t19-,20+,23-,25-/m1/s1. The number of nitrogens with one attached hydrogen (secondary N) is 1. The van der Waals surface area contributed by atoms with Crippen LogP contribution in [0.1, 0.15) is 13.2 Å². The Balaban J connectivity index is 1.67. The molecule has 0 spiro atoms. The number of guanidine groups is 1. The molecule has 4 atom stereocenters. The number of hydrogen-bond donors (Lipinski definition) is 6. The summed E-state index contributed by atoms with van der Waals surface area (Å²) in [6.07, 6.45) is -0.638. The van der Waals surface area contributed by atoms with E-state index in [0.29, 0.717) is 33.8 Å². The lowest BCUT2D eigenvalue weighted by Gasteiger charge is -2.24. The molecular weight excluding hydrogens is 481 g/mol. The maximum absolute atomic E-state index is 13.5. The van der Waals surface area contributed by atoms with Gasteiger partial charge in [-0.2, -0.15) is 0 Å². The normalized spacial score (nSPS) is 23.3. The number of hydrogen-bond acceptors (Lipinski definition) is 8. The fourth-order valence-corrected chi connectivity index (χ4v) is 4.41. The molecule has 12 heteroatoms. The number of anilines is 2. The number of fused-ring (bicyclic) bond motifs is 1. The van der Waals surface area contributed by atoms with Crippen molar-refractivity contribution >= 4 is 34.2 Å². The molecule has 4 aromatic rings. The minimum absolute atomic E-state index is 0.0682. The van der Waals surface area contributed by atoms with Crippen LogP contribution in [0.2, 0.25) is 0 Å². The monoisotopic (exact) mass is 507 g/mol. The van der Waals surface area contributed by atoms with Crippen LogP contribution in [0.3, 0.4) is 0 Å². The van der Waals surface area contributed by atoms with Crippen LogP contribution < -0.4 is 16.8 Å². The van der Waals surface area contributed by atoms with Gasteiger partial charge in [-0.3, -0.25) is 0 Å². The Hall–Kier alpha value is -4.10. The second-order valence-corrected chi connectivity index (χ2v) is 9.00. The first kappa shape index (κ1) is 24.6. The number of benzene rings is 2. The molecule has 0 saturated carbocycles. The van der Waals surface area contributed by atoms with Crippen molar-refractivity contribution in [2.45, 2.75) is 31.0 Å². The van der Waals surface area contributed by atoms with Crippen LogP contribution in [0, 0.1) is 5.82 Å². The van der Waals surface area contributed by atoms with Crippen molar-refractivity contribution in [3.8, 4) is 11.1 Å². The minimum atomic E-state index is -1.37. The van der Waals surface area contributed by atoms with Gasteiger partial charge in [0.05, 0.1) is 17.7 Å². The van der Waals surface area contributed by atoms with Gasteiger partial charge in [-0.1, -0.05) is 12.1 Å². The molecule has 0 radical (unpaired) electrons. The Morgan fingerprint density at radius 3 is 2.46 bits per heavy atom. The van der Waals surface area contributed by atoms with Crippen LogP contribution in [-0.2, 0) is 4.74 Å². The van der Waals surface area contributed by atoms with E-state index in [1.165, 1.54) is 25.4 Å². The number of aliphatic imine (C=N–C) groups is 1. The first-order valence-electron chi connectivity index (χ1n) is 11.4. The Morgan fingerprint density at radius 2 is 1.84 bits per heavy atom. The Labute approximate surface area is 210 Å². The van der Waals surface area contributed by atoms with Crippen molar-refractivity contribution in [3.05, 3.63) is 66.9 Å². The van der Waals surface area contributed by atoms with Gasteiger partial charge in [0, 0.05) is 17.4 Å². The fourth-order valence-electron chi connectivity index (χ4n) is 4.41. The van der Waals surface area contributed by atoms with Crippen LogP contribution in [0.25, 0.3) is 22.2 Å². The number of ether oxygens (including phenoxy) is 1. The number of aliphatic hydroxyl groups excluding tert-OH is 3. The largest absolute Gasteiger partial charge is 0.393 e. The number of aromatic nitrogens is 3. The molecule has 1 saturated heterocycles. The summed E-state index contributed by atoms with van der Waals surface area (Å²) in [5, 5.41) is 35.0. The molecule has 3 heterocycles.